The predicted molar refractivity (Wildman–Crippen MR) is 78.8 cm³/mol. The van der Waals surface area contributed by atoms with Gasteiger partial charge in [-0.25, -0.2) is 0 Å². The number of nitrogens with zero attached hydrogens (tertiary/aromatic N) is 1. The highest BCUT2D eigenvalue weighted by molar-refractivity contribution is 6.04. The van der Waals surface area contributed by atoms with Gasteiger partial charge in [-0.1, -0.05) is 37.3 Å². The molecule has 1 aromatic carbocycles. The van der Waals surface area contributed by atoms with Crippen molar-refractivity contribution in [3.63, 3.8) is 0 Å². The van der Waals surface area contributed by atoms with Crippen LogP contribution in [-0.4, -0.2) is 35.0 Å². The lowest BCUT2D eigenvalue weighted by atomic mass is 9.81. The Labute approximate surface area is 124 Å². The number of carboxylic acids is 1. The molecular formula is C17H21NO3. The van der Waals surface area contributed by atoms with Crippen LogP contribution in [0, 0.1) is 11.3 Å². The first kappa shape index (κ1) is 14.1. The van der Waals surface area contributed by atoms with E-state index >= 15 is 0 Å². The summed E-state index contributed by atoms with van der Waals surface area (Å²) in [6.45, 7) is 3.47. The molecule has 3 rings (SSSR count). The Morgan fingerprint density at radius 2 is 1.90 bits per heavy atom. The number of benzene rings is 1. The molecule has 4 nitrogen and oxygen atoms in total. The molecule has 1 heterocycles. The molecule has 2 unspecified atom stereocenters. The van der Waals surface area contributed by atoms with E-state index in [2.05, 4.69) is 19.1 Å². The second kappa shape index (κ2) is 5.17. The molecule has 1 aromatic rings. The lowest BCUT2D eigenvalue weighted by molar-refractivity contribution is -0.154. The molecular weight excluding hydrogens is 266 g/mol. The van der Waals surface area contributed by atoms with Crippen LogP contribution in [0.15, 0.2) is 30.3 Å². The molecule has 2 aliphatic rings. The molecule has 1 saturated carbocycles. The Morgan fingerprint density at radius 3 is 2.43 bits per heavy atom. The van der Waals surface area contributed by atoms with E-state index in [0.29, 0.717) is 37.8 Å². The predicted octanol–water partition coefficient (Wildman–Crippen LogP) is 2.50. The molecule has 1 aliphatic heterocycles. The van der Waals surface area contributed by atoms with Gasteiger partial charge in [-0.05, 0) is 36.7 Å². The Kier molecular flexibility index (Phi) is 3.47. The van der Waals surface area contributed by atoms with Crippen LogP contribution in [0.2, 0.25) is 0 Å². The number of carboxylic acid groups (broad SMARTS) is 1. The average Bonchev–Trinajstić information content (AvgIpc) is 3.29. The molecule has 4 heteroatoms. The first-order valence-corrected chi connectivity index (χ1v) is 7.62. The minimum atomic E-state index is -1.10. The van der Waals surface area contributed by atoms with Gasteiger partial charge in [-0.15, -0.1) is 0 Å². The zero-order chi connectivity index (χ0) is 15.0. The Balaban J connectivity index is 1.69. The van der Waals surface area contributed by atoms with Crippen molar-refractivity contribution in [2.24, 2.45) is 11.3 Å². The molecule has 21 heavy (non-hydrogen) atoms. The van der Waals surface area contributed by atoms with Crippen LogP contribution in [0.3, 0.4) is 0 Å². The quantitative estimate of drug-likeness (QED) is 0.869. The van der Waals surface area contributed by atoms with Gasteiger partial charge in [0.25, 0.3) is 0 Å². The highest BCUT2D eigenvalue weighted by Crippen LogP contribution is 2.48. The summed E-state index contributed by atoms with van der Waals surface area (Å²) in [5, 5.41) is 9.25. The van der Waals surface area contributed by atoms with E-state index < -0.39 is 11.4 Å². The van der Waals surface area contributed by atoms with E-state index in [1.807, 2.05) is 18.2 Å². The number of piperidine rings is 1. The Hall–Kier alpha value is -1.84. The maximum Gasteiger partial charge on any atom is 0.319 e. The van der Waals surface area contributed by atoms with E-state index in [1.54, 1.807) is 4.90 Å². The van der Waals surface area contributed by atoms with Crippen LogP contribution in [0.1, 0.15) is 37.7 Å². The van der Waals surface area contributed by atoms with Crippen LogP contribution in [-0.2, 0) is 9.59 Å². The summed E-state index contributed by atoms with van der Waals surface area (Å²) in [6, 6.07) is 10.4. The number of aliphatic carboxylic acids is 1. The first-order chi connectivity index (χ1) is 10.0. The van der Waals surface area contributed by atoms with Crippen molar-refractivity contribution < 1.29 is 14.7 Å². The topological polar surface area (TPSA) is 57.6 Å². The van der Waals surface area contributed by atoms with E-state index in [9.17, 15) is 14.7 Å². The van der Waals surface area contributed by atoms with Crippen molar-refractivity contribution in [2.75, 3.05) is 13.1 Å². The summed E-state index contributed by atoms with van der Waals surface area (Å²) in [5.41, 5.74) is 0.218. The third-order valence-corrected chi connectivity index (χ3v) is 4.99. The third kappa shape index (κ3) is 2.43. The summed E-state index contributed by atoms with van der Waals surface area (Å²) in [4.78, 5) is 25.5. The van der Waals surface area contributed by atoms with Gasteiger partial charge in [0.05, 0.1) is 0 Å². The van der Waals surface area contributed by atoms with Crippen molar-refractivity contribution in [3.05, 3.63) is 35.9 Å². The Bertz CT molecular complexity index is 550. The highest BCUT2D eigenvalue weighted by atomic mass is 16.4. The van der Waals surface area contributed by atoms with Crippen LogP contribution >= 0.6 is 0 Å². The normalized spacial score (nSPS) is 27.2. The summed E-state index contributed by atoms with van der Waals surface area (Å²) in [7, 11) is 0. The van der Waals surface area contributed by atoms with Gasteiger partial charge >= 0.3 is 5.97 Å². The van der Waals surface area contributed by atoms with Gasteiger partial charge < -0.3 is 10.0 Å². The molecule has 1 N–H and O–H groups in total. The van der Waals surface area contributed by atoms with Crippen molar-refractivity contribution >= 4 is 11.9 Å². The van der Waals surface area contributed by atoms with E-state index in [4.69, 9.17) is 0 Å². The molecule has 2 atom stereocenters. The molecule has 112 valence electrons. The lowest BCUT2D eigenvalue weighted by Gasteiger charge is -2.38. The minimum absolute atomic E-state index is 0.173. The van der Waals surface area contributed by atoms with Crippen molar-refractivity contribution in [1.82, 2.24) is 4.90 Å². The maximum absolute atomic E-state index is 12.5. The van der Waals surface area contributed by atoms with E-state index in [-0.39, 0.29) is 5.91 Å². The molecule has 1 aliphatic carbocycles. The van der Waals surface area contributed by atoms with Gasteiger partial charge in [0.15, 0.2) is 0 Å². The van der Waals surface area contributed by atoms with Gasteiger partial charge in [-0.2, -0.15) is 0 Å². The van der Waals surface area contributed by atoms with E-state index in [0.717, 1.165) is 6.42 Å². The zero-order valence-electron chi connectivity index (χ0n) is 12.3. The van der Waals surface area contributed by atoms with Gasteiger partial charge in [0, 0.05) is 13.1 Å². The van der Waals surface area contributed by atoms with Gasteiger partial charge in [0.1, 0.15) is 5.41 Å². The number of hydrogen-bond acceptors (Lipinski definition) is 2. The molecule has 2 fully saturated rings. The number of rotatable bonds is 3. The lowest BCUT2D eigenvalue weighted by Crippen LogP contribution is -2.47. The number of hydrogen-bond donors (Lipinski definition) is 1. The monoisotopic (exact) mass is 287 g/mol. The zero-order valence-corrected chi connectivity index (χ0v) is 12.3. The van der Waals surface area contributed by atoms with Crippen LogP contribution in [0.4, 0.5) is 0 Å². The van der Waals surface area contributed by atoms with Gasteiger partial charge in [-0.3, -0.25) is 9.59 Å². The minimum Gasteiger partial charge on any atom is -0.480 e. The molecule has 0 aromatic heterocycles. The first-order valence-electron chi connectivity index (χ1n) is 7.62. The standard InChI is InChI=1S/C17H21NO3/c1-12-11-18(15(19)17(8-9-17)16(20)21)10-7-14(12)13-5-3-2-4-6-13/h2-6,12,14H,7-11H2,1H3,(H,20,21). The molecule has 1 amide bonds. The maximum atomic E-state index is 12.5. The van der Waals surface area contributed by atoms with Crippen molar-refractivity contribution in [1.29, 1.82) is 0 Å². The molecule has 0 spiro atoms. The van der Waals surface area contributed by atoms with Gasteiger partial charge in [0.2, 0.25) is 5.91 Å². The smallest absolute Gasteiger partial charge is 0.319 e. The van der Waals surface area contributed by atoms with Crippen LogP contribution < -0.4 is 0 Å². The Morgan fingerprint density at radius 1 is 1.24 bits per heavy atom. The number of likely N-dealkylation sites (tertiary alicyclic amines) is 1. The molecule has 1 saturated heterocycles. The fourth-order valence-electron chi connectivity index (χ4n) is 3.47. The van der Waals surface area contributed by atoms with E-state index in [1.165, 1.54) is 5.56 Å². The summed E-state index contributed by atoms with van der Waals surface area (Å²) >= 11 is 0. The molecule has 0 bridgehead atoms. The largest absolute Gasteiger partial charge is 0.480 e. The third-order valence-electron chi connectivity index (χ3n) is 4.99. The number of carbonyl (C=O) groups excluding carboxylic acids is 1. The van der Waals surface area contributed by atoms with Crippen LogP contribution in [0.5, 0.6) is 0 Å². The second-order valence-corrected chi connectivity index (χ2v) is 6.42. The number of carbonyl (C=O) groups is 2. The fraction of sp³-hybridized carbons (Fsp3) is 0.529. The summed E-state index contributed by atoms with van der Waals surface area (Å²) in [6.07, 6.45) is 1.90. The number of amides is 1. The fourth-order valence-corrected chi connectivity index (χ4v) is 3.47. The SMILES string of the molecule is CC1CN(C(=O)C2(C(=O)O)CC2)CCC1c1ccccc1. The van der Waals surface area contributed by atoms with Crippen molar-refractivity contribution in [2.45, 2.75) is 32.1 Å². The average molecular weight is 287 g/mol. The molecule has 0 radical (unpaired) electrons. The highest BCUT2D eigenvalue weighted by Gasteiger charge is 2.58. The van der Waals surface area contributed by atoms with Crippen LogP contribution in [0.25, 0.3) is 0 Å². The summed E-state index contributed by atoms with van der Waals surface area (Å²) in [5.74, 6) is -0.316. The second-order valence-electron chi connectivity index (χ2n) is 6.42. The van der Waals surface area contributed by atoms with Crippen molar-refractivity contribution in [3.8, 4) is 0 Å². The summed E-state index contributed by atoms with van der Waals surface area (Å²) < 4.78 is 0.